The van der Waals surface area contributed by atoms with Gasteiger partial charge in [0.25, 0.3) is 0 Å². The quantitative estimate of drug-likeness (QED) is 0.468. The van der Waals surface area contributed by atoms with Crippen molar-refractivity contribution in [2.45, 2.75) is 31.9 Å². The van der Waals surface area contributed by atoms with Gasteiger partial charge in [-0.1, -0.05) is 0 Å². The maximum Gasteiger partial charge on any atom is 0.191 e. The lowest BCUT2D eigenvalue weighted by molar-refractivity contribution is 0.0243. The standard InChI is InChI=1S/C14H24N4O.HI/c1-14(6-4-8-19-14)11-17-13(15-2)16-9-12-5-7-18(3)10-12;/h5,7,10H,4,6,8-9,11H2,1-3H3,(H2,15,16,17);1H. The van der Waals surface area contributed by atoms with Crippen LogP contribution in [0.3, 0.4) is 0 Å². The molecule has 0 bridgehead atoms. The van der Waals surface area contributed by atoms with Gasteiger partial charge >= 0.3 is 0 Å². The zero-order valence-corrected chi connectivity index (χ0v) is 14.8. The zero-order chi connectivity index (χ0) is 13.7. The Balaban J connectivity index is 0.00000200. The number of aromatic nitrogens is 1. The van der Waals surface area contributed by atoms with Gasteiger partial charge in [0, 0.05) is 46.2 Å². The Morgan fingerprint density at radius 3 is 2.85 bits per heavy atom. The van der Waals surface area contributed by atoms with E-state index >= 15 is 0 Å². The molecule has 1 aliphatic heterocycles. The first-order valence-electron chi connectivity index (χ1n) is 6.81. The third-order valence-electron chi connectivity index (χ3n) is 3.51. The van der Waals surface area contributed by atoms with Crippen molar-refractivity contribution in [3.05, 3.63) is 24.0 Å². The summed E-state index contributed by atoms with van der Waals surface area (Å²) in [5, 5.41) is 6.65. The second kappa shape index (κ2) is 7.87. The summed E-state index contributed by atoms with van der Waals surface area (Å²) < 4.78 is 7.80. The highest BCUT2D eigenvalue weighted by Crippen LogP contribution is 2.23. The molecule has 0 aromatic carbocycles. The van der Waals surface area contributed by atoms with Crippen LogP contribution in [-0.4, -0.2) is 36.3 Å². The van der Waals surface area contributed by atoms with Crippen LogP contribution >= 0.6 is 24.0 Å². The molecule has 114 valence electrons. The molecule has 2 N–H and O–H groups in total. The third-order valence-corrected chi connectivity index (χ3v) is 3.51. The van der Waals surface area contributed by atoms with E-state index in [0.717, 1.165) is 38.5 Å². The van der Waals surface area contributed by atoms with Crippen molar-refractivity contribution in [1.29, 1.82) is 0 Å². The number of nitrogens with one attached hydrogen (secondary N) is 2. The Morgan fingerprint density at radius 1 is 1.50 bits per heavy atom. The highest BCUT2D eigenvalue weighted by molar-refractivity contribution is 14.0. The van der Waals surface area contributed by atoms with E-state index in [-0.39, 0.29) is 29.6 Å². The molecule has 20 heavy (non-hydrogen) atoms. The van der Waals surface area contributed by atoms with Gasteiger partial charge in [0.2, 0.25) is 0 Å². The van der Waals surface area contributed by atoms with Crippen molar-refractivity contribution < 1.29 is 4.74 Å². The number of halogens is 1. The smallest absolute Gasteiger partial charge is 0.191 e. The fourth-order valence-electron chi connectivity index (χ4n) is 2.32. The first-order chi connectivity index (χ1) is 9.11. The molecule has 2 heterocycles. The molecule has 1 atom stereocenters. The highest BCUT2D eigenvalue weighted by Gasteiger charge is 2.29. The van der Waals surface area contributed by atoms with Gasteiger partial charge in [-0.25, -0.2) is 0 Å². The zero-order valence-electron chi connectivity index (χ0n) is 12.5. The maximum absolute atomic E-state index is 5.75. The van der Waals surface area contributed by atoms with Gasteiger partial charge in [0.05, 0.1) is 5.60 Å². The number of hydrogen-bond donors (Lipinski definition) is 2. The Bertz CT molecular complexity index is 438. The number of ether oxygens (including phenoxy) is 1. The molecule has 1 saturated heterocycles. The van der Waals surface area contributed by atoms with E-state index in [1.807, 2.05) is 17.8 Å². The second-order valence-corrected chi connectivity index (χ2v) is 5.37. The Hall–Kier alpha value is -0.760. The van der Waals surface area contributed by atoms with Crippen LogP contribution in [-0.2, 0) is 18.3 Å². The Morgan fingerprint density at radius 2 is 2.30 bits per heavy atom. The fraction of sp³-hybridized carbons (Fsp3) is 0.643. The summed E-state index contributed by atoms with van der Waals surface area (Å²) in [4.78, 5) is 4.23. The summed E-state index contributed by atoms with van der Waals surface area (Å²) in [5.41, 5.74) is 1.19. The average Bonchev–Trinajstić information content (AvgIpc) is 2.99. The van der Waals surface area contributed by atoms with Crippen LogP contribution in [0.2, 0.25) is 0 Å². The lowest BCUT2D eigenvalue weighted by Crippen LogP contribution is -2.45. The van der Waals surface area contributed by atoms with Crippen LogP contribution in [0.1, 0.15) is 25.3 Å². The fourth-order valence-corrected chi connectivity index (χ4v) is 2.32. The molecule has 6 heteroatoms. The van der Waals surface area contributed by atoms with E-state index < -0.39 is 0 Å². The molecule has 0 amide bonds. The monoisotopic (exact) mass is 392 g/mol. The molecular formula is C14H25IN4O. The summed E-state index contributed by atoms with van der Waals surface area (Å²) in [6.45, 7) is 4.59. The first kappa shape index (κ1) is 17.3. The van der Waals surface area contributed by atoms with Crippen LogP contribution in [0, 0.1) is 0 Å². The van der Waals surface area contributed by atoms with Crippen molar-refractivity contribution in [1.82, 2.24) is 15.2 Å². The number of aliphatic imine (C=N–C) groups is 1. The van der Waals surface area contributed by atoms with Crippen molar-refractivity contribution in [3.8, 4) is 0 Å². The second-order valence-electron chi connectivity index (χ2n) is 5.37. The van der Waals surface area contributed by atoms with Crippen molar-refractivity contribution in [3.63, 3.8) is 0 Å². The van der Waals surface area contributed by atoms with Crippen molar-refractivity contribution in [2.24, 2.45) is 12.0 Å². The summed E-state index contributed by atoms with van der Waals surface area (Å²) in [7, 11) is 3.81. The molecule has 0 spiro atoms. The minimum Gasteiger partial charge on any atom is -0.373 e. The topological polar surface area (TPSA) is 50.6 Å². The van der Waals surface area contributed by atoms with E-state index in [4.69, 9.17) is 4.74 Å². The van der Waals surface area contributed by atoms with Gasteiger partial charge in [-0.3, -0.25) is 4.99 Å². The van der Waals surface area contributed by atoms with Gasteiger partial charge in [-0.05, 0) is 31.4 Å². The molecule has 1 fully saturated rings. The van der Waals surface area contributed by atoms with Crippen LogP contribution in [0.25, 0.3) is 0 Å². The molecule has 1 aromatic heterocycles. The van der Waals surface area contributed by atoms with Gasteiger partial charge in [-0.15, -0.1) is 24.0 Å². The first-order valence-corrected chi connectivity index (χ1v) is 6.81. The van der Waals surface area contributed by atoms with Crippen LogP contribution in [0.15, 0.2) is 23.5 Å². The van der Waals surface area contributed by atoms with E-state index in [9.17, 15) is 0 Å². The lowest BCUT2D eigenvalue weighted by Gasteiger charge is -2.24. The summed E-state index contributed by atoms with van der Waals surface area (Å²) in [6.07, 6.45) is 6.40. The van der Waals surface area contributed by atoms with Crippen molar-refractivity contribution >= 4 is 29.9 Å². The van der Waals surface area contributed by atoms with Crippen molar-refractivity contribution in [2.75, 3.05) is 20.2 Å². The van der Waals surface area contributed by atoms with E-state index in [2.05, 4.69) is 34.8 Å². The summed E-state index contributed by atoms with van der Waals surface area (Å²) in [5.74, 6) is 0.820. The maximum atomic E-state index is 5.75. The minimum atomic E-state index is -0.0512. The van der Waals surface area contributed by atoms with Gasteiger partial charge in [0.1, 0.15) is 0 Å². The van der Waals surface area contributed by atoms with E-state index in [0.29, 0.717) is 0 Å². The molecule has 0 saturated carbocycles. The number of aryl methyl sites for hydroxylation is 1. The summed E-state index contributed by atoms with van der Waals surface area (Å²) in [6, 6.07) is 2.10. The van der Waals surface area contributed by atoms with E-state index in [1.165, 1.54) is 5.56 Å². The van der Waals surface area contributed by atoms with Crippen LogP contribution in [0.4, 0.5) is 0 Å². The number of hydrogen-bond acceptors (Lipinski definition) is 2. The van der Waals surface area contributed by atoms with Gasteiger partial charge < -0.3 is 19.9 Å². The Kier molecular flexibility index (Phi) is 6.81. The van der Waals surface area contributed by atoms with E-state index in [1.54, 1.807) is 7.05 Å². The molecule has 2 rings (SSSR count). The predicted molar refractivity (Wildman–Crippen MR) is 92.6 cm³/mol. The third kappa shape index (κ3) is 4.97. The van der Waals surface area contributed by atoms with Gasteiger partial charge in [-0.2, -0.15) is 0 Å². The normalized spacial score (nSPS) is 22.4. The van der Waals surface area contributed by atoms with Crippen LogP contribution in [0.5, 0.6) is 0 Å². The SMILES string of the molecule is CN=C(NCc1ccn(C)c1)NCC1(C)CCCO1.I. The minimum absolute atomic E-state index is 0. The largest absolute Gasteiger partial charge is 0.373 e. The van der Waals surface area contributed by atoms with Crippen LogP contribution < -0.4 is 10.6 Å². The highest BCUT2D eigenvalue weighted by atomic mass is 127. The predicted octanol–water partition coefficient (Wildman–Crippen LogP) is 1.88. The molecule has 1 aromatic rings. The Labute approximate surface area is 138 Å². The lowest BCUT2D eigenvalue weighted by atomic mass is 10.0. The molecular weight excluding hydrogens is 367 g/mol. The molecule has 1 unspecified atom stereocenters. The molecule has 1 aliphatic rings. The number of nitrogens with zero attached hydrogens (tertiary/aromatic N) is 2. The molecule has 0 aliphatic carbocycles. The number of guanidine groups is 1. The summed E-state index contributed by atoms with van der Waals surface area (Å²) >= 11 is 0. The van der Waals surface area contributed by atoms with Gasteiger partial charge in [0.15, 0.2) is 5.96 Å². The average molecular weight is 392 g/mol. The number of rotatable bonds is 4. The molecule has 5 nitrogen and oxygen atoms in total. The molecule has 0 radical (unpaired) electrons.